The van der Waals surface area contributed by atoms with E-state index in [9.17, 15) is 4.39 Å². The van der Waals surface area contributed by atoms with Gasteiger partial charge in [-0.25, -0.2) is 9.37 Å². The zero-order chi connectivity index (χ0) is 15.4. The fraction of sp³-hybridized carbons (Fsp3) is 0.316. The summed E-state index contributed by atoms with van der Waals surface area (Å²) in [6.45, 7) is 2.89. The van der Waals surface area contributed by atoms with Gasteiger partial charge in [0.25, 0.3) is 0 Å². The van der Waals surface area contributed by atoms with Crippen molar-refractivity contribution in [1.82, 2.24) is 4.98 Å². The van der Waals surface area contributed by atoms with Crippen LogP contribution >= 0.6 is 0 Å². The topological polar surface area (TPSA) is 22.1 Å². The molecule has 0 fully saturated rings. The largest absolute Gasteiger partial charge is 0.478 e. The molecule has 0 bridgehead atoms. The van der Waals surface area contributed by atoms with E-state index < -0.39 is 0 Å². The number of hydrogen-bond acceptors (Lipinski definition) is 2. The Labute approximate surface area is 129 Å². The van der Waals surface area contributed by atoms with Crippen LogP contribution in [0, 0.1) is 5.82 Å². The van der Waals surface area contributed by atoms with Crippen LogP contribution in [-0.4, -0.2) is 11.6 Å². The minimum atomic E-state index is -0.198. The minimum Gasteiger partial charge on any atom is -0.478 e. The highest BCUT2D eigenvalue weighted by molar-refractivity contribution is 6.06. The predicted octanol–water partition coefficient (Wildman–Crippen LogP) is 5.49. The fourth-order valence-electron chi connectivity index (χ4n) is 2.70. The number of fused-ring (bicyclic) bond motifs is 3. The summed E-state index contributed by atoms with van der Waals surface area (Å²) in [6, 6.07) is 12.6. The molecule has 0 aliphatic heterocycles. The van der Waals surface area contributed by atoms with Crippen molar-refractivity contribution in [3.05, 3.63) is 48.3 Å². The van der Waals surface area contributed by atoms with Crippen LogP contribution in [0.2, 0.25) is 0 Å². The van der Waals surface area contributed by atoms with Crippen LogP contribution in [0.25, 0.3) is 21.7 Å². The fourth-order valence-corrected chi connectivity index (χ4v) is 2.70. The first-order valence-electron chi connectivity index (χ1n) is 7.90. The lowest BCUT2D eigenvalue weighted by Crippen LogP contribution is -1.99. The molecule has 22 heavy (non-hydrogen) atoms. The second kappa shape index (κ2) is 6.73. The third-order valence-electron chi connectivity index (χ3n) is 3.90. The molecule has 0 saturated heterocycles. The number of ether oxygens (including phenoxy) is 1. The Morgan fingerprint density at radius 3 is 2.64 bits per heavy atom. The maximum absolute atomic E-state index is 13.8. The van der Waals surface area contributed by atoms with Gasteiger partial charge in [-0.05, 0) is 36.1 Å². The number of aromatic nitrogens is 1. The highest BCUT2D eigenvalue weighted by atomic mass is 19.1. The number of rotatable bonds is 6. The average molecular weight is 297 g/mol. The Hall–Kier alpha value is -2.16. The lowest BCUT2D eigenvalue weighted by atomic mass is 10.0. The van der Waals surface area contributed by atoms with Crippen LogP contribution in [0.5, 0.6) is 5.88 Å². The molecule has 0 spiro atoms. The van der Waals surface area contributed by atoms with Crippen molar-refractivity contribution >= 4 is 21.7 Å². The van der Waals surface area contributed by atoms with Gasteiger partial charge < -0.3 is 4.74 Å². The quantitative estimate of drug-likeness (QED) is 0.443. The number of halogens is 1. The van der Waals surface area contributed by atoms with Crippen molar-refractivity contribution < 1.29 is 9.13 Å². The summed E-state index contributed by atoms with van der Waals surface area (Å²) in [4.78, 5) is 4.53. The van der Waals surface area contributed by atoms with E-state index in [0.717, 1.165) is 22.7 Å². The predicted molar refractivity (Wildman–Crippen MR) is 88.8 cm³/mol. The van der Waals surface area contributed by atoms with Crippen LogP contribution < -0.4 is 4.74 Å². The van der Waals surface area contributed by atoms with E-state index in [1.165, 1.54) is 25.3 Å². The number of pyridine rings is 1. The SMILES string of the molecule is CCCCCCOc1ccc2c(ccc3c(F)cccc32)n1. The van der Waals surface area contributed by atoms with E-state index in [-0.39, 0.29) is 5.82 Å². The number of hydrogen-bond donors (Lipinski definition) is 0. The lowest BCUT2D eigenvalue weighted by molar-refractivity contribution is 0.295. The normalized spacial score (nSPS) is 11.2. The molecule has 0 N–H and O–H groups in total. The number of benzene rings is 2. The highest BCUT2D eigenvalue weighted by Crippen LogP contribution is 2.27. The summed E-state index contributed by atoms with van der Waals surface area (Å²) >= 11 is 0. The van der Waals surface area contributed by atoms with Gasteiger partial charge in [0, 0.05) is 16.8 Å². The van der Waals surface area contributed by atoms with Gasteiger partial charge in [-0.15, -0.1) is 0 Å². The average Bonchev–Trinajstić information content (AvgIpc) is 2.54. The monoisotopic (exact) mass is 297 g/mol. The van der Waals surface area contributed by atoms with Crippen molar-refractivity contribution in [2.75, 3.05) is 6.61 Å². The van der Waals surface area contributed by atoms with Gasteiger partial charge in [-0.2, -0.15) is 0 Å². The van der Waals surface area contributed by atoms with Gasteiger partial charge >= 0.3 is 0 Å². The molecule has 0 aliphatic rings. The Kier molecular flexibility index (Phi) is 4.52. The first-order valence-corrected chi connectivity index (χ1v) is 7.90. The summed E-state index contributed by atoms with van der Waals surface area (Å²) in [5.41, 5.74) is 0.837. The summed E-state index contributed by atoms with van der Waals surface area (Å²) < 4.78 is 19.5. The zero-order valence-electron chi connectivity index (χ0n) is 12.8. The van der Waals surface area contributed by atoms with Crippen molar-refractivity contribution in [1.29, 1.82) is 0 Å². The second-order valence-corrected chi connectivity index (χ2v) is 5.53. The smallest absolute Gasteiger partial charge is 0.213 e. The standard InChI is InChI=1S/C19H20FNO/c1-2-3-4-5-13-22-19-12-10-16-14-7-6-8-17(20)15(14)9-11-18(16)21-19/h6-12H,2-5,13H2,1H3. The van der Waals surface area contributed by atoms with Crippen LogP contribution in [0.4, 0.5) is 4.39 Å². The van der Waals surface area contributed by atoms with E-state index in [1.54, 1.807) is 12.1 Å². The van der Waals surface area contributed by atoms with E-state index in [0.29, 0.717) is 17.9 Å². The van der Waals surface area contributed by atoms with Crippen molar-refractivity contribution in [3.8, 4) is 5.88 Å². The molecule has 0 aliphatic carbocycles. The Bertz CT molecular complexity index is 785. The van der Waals surface area contributed by atoms with Gasteiger partial charge in [-0.1, -0.05) is 38.3 Å². The van der Waals surface area contributed by atoms with Crippen LogP contribution in [0.3, 0.4) is 0 Å². The van der Waals surface area contributed by atoms with Gasteiger partial charge in [-0.3, -0.25) is 0 Å². The third-order valence-corrected chi connectivity index (χ3v) is 3.90. The summed E-state index contributed by atoms with van der Waals surface area (Å²) in [6.07, 6.45) is 4.70. The molecular weight excluding hydrogens is 277 g/mol. The summed E-state index contributed by atoms with van der Waals surface area (Å²) in [5, 5.41) is 2.47. The van der Waals surface area contributed by atoms with Crippen LogP contribution in [-0.2, 0) is 0 Å². The molecule has 0 saturated carbocycles. The highest BCUT2D eigenvalue weighted by Gasteiger charge is 2.06. The molecule has 2 nitrogen and oxygen atoms in total. The first kappa shape index (κ1) is 14.8. The van der Waals surface area contributed by atoms with Crippen molar-refractivity contribution in [2.45, 2.75) is 32.6 Å². The number of unbranched alkanes of at least 4 members (excludes halogenated alkanes) is 3. The van der Waals surface area contributed by atoms with Gasteiger partial charge in [0.15, 0.2) is 0 Å². The van der Waals surface area contributed by atoms with E-state index in [4.69, 9.17) is 4.74 Å². The Morgan fingerprint density at radius 2 is 1.77 bits per heavy atom. The van der Waals surface area contributed by atoms with E-state index in [2.05, 4.69) is 11.9 Å². The first-order chi connectivity index (χ1) is 10.8. The molecule has 0 atom stereocenters. The van der Waals surface area contributed by atoms with Crippen molar-refractivity contribution in [2.24, 2.45) is 0 Å². The number of nitrogens with zero attached hydrogens (tertiary/aromatic N) is 1. The van der Waals surface area contributed by atoms with Gasteiger partial charge in [0.05, 0.1) is 12.1 Å². The molecule has 2 aromatic carbocycles. The molecule has 1 heterocycles. The second-order valence-electron chi connectivity index (χ2n) is 5.53. The molecule has 3 heteroatoms. The Morgan fingerprint density at radius 1 is 0.909 bits per heavy atom. The molecular formula is C19H20FNO. The van der Waals surface area contributed by atoms with E-state index in [1.807, 2.05) is 24.3 Å². The zero-order valence-corrected chi connectivity index (χ0v) is 12.8. The lowest BCUT2D eigenvalue weighted by Gasteiger charge is -2.08. The molecule has 1 aromatic heterocycles. The van der Waals surface area contributed by atoms with Gasteiger partial charge in [0.1, 0.15) is 5.82 Å². The van der Waals surface area contributed by atoms with E-state index >= 15 is 0 Å². The minimum absolute atomic E-state index is 0.198. The molecule has 114 valence electrons. The summed E-state index contributed by atoms with van der Waals surface area (Å²) in [7, 11) is 0. The summed E-state index contributed by atoms with van der Waals surface area (Å²) in [5.74, 6) is 0.440. The molecule has 3 aromatic rings. The van der Waals surface area contributed by atoms with Crippen molar-refractivity contribution in [3.63, 3.8) is 0 Å². The van der Waals surface area contributed by atoms with Gasteiger partial charge in [0.2, 0.25) is 5.88 Å². The maximum Gasteiger partial charge on any atom is 0.213 e. The molecule has 0 amide bonds. The third kappa shape index (κ3) is 3.03. The van der Waals surface area contributed by atoms with Crippen LogP contribution in [0.15, 0.2) is 42.5 Å². The molecule has 3 rings (SSSR count). The molecule has 0 radical (unpaired) electrons. The Balaban J connectivity index is 1.83. The van der Waals surface area contributed by atoms with Crippen LogP contribution in [0.1, 0.15) is 32.6 Å². The molecule has 0 unspecified atom stereocenters. The maximum atomic E-state index is 13.8.